The van der Waals surface area contributed by atoms with Crippen molar-refractivity contribution in [2.45, 2.75) is 12.3 Å². The molecular weight excluding hydrogens is 292 g/mol. The smallest absolute Gasteiger partial charge is 0.238 e. The van der Waals surface area contributed by atoms with Crippen LogP contribution in [-0.4, -0.2) is 11.7 Å². The molecule has 0 aromatic heterocycles. The molecule has 0 radical (unpaired) electrons. The van der Waals surface area contributed by atoms with Gasteiger partial charge in [0.1, 0.15) is 17.0 Å². The van der Waals surface area contributed by atoms with Crippen molar-refractivity contribution >= 4 is 23.4 Å². The molecule has 0 saturated carbocycles. The van der Waals surface area contributed by atoms with E-state index in [9.17, 15) is 13.6 Å². The molecule has 2 aromatic carbocycles. The quantitative estimate of drug-likeness (QED) is 0.834. The Hall–Kier alpha value is -1.88. The predicted molar refractivity (Wildman–Crippen MR) is 80.2 cm³/mol. The Labute approximate surface area is 125 Å². The topological polar surface area (TPSA) is 20.3 Å². The van der Waals surface area contributed by atoms with Crippen LogP contribution in [0.25, 0.3) is 0 Å². The summed E-state index contributed by atoms with van der Waals surface area (Å²) in [6.45, 7) is 1.77. The number of carbonyl (C=O) groups excluding carboxylic acids is 1. The van der Waals surface area contributed by atoms with Crippen LogP contribution in [0.4, 0.5) is 14.5 Å². The van der Waals surface area contributed by atoms with Crippen molar-refractivity contribution in [2.75, 3.05) is 10.7 Å². The summed E-state index contributed by atoms with van der Waals surface area (Å²) in [7, 11) is 0. The van der Waals surface area contributed by atoms with Crippen molar-refractivity contribution in [1.82, 2.24) is 0 Å². The standard InChI is InChI=1S/C16H13F2NOS/c1-10-8-13(18)6-7-14(10)19-15(20)9-21-16(19)11-2-4-12(17)5-3-11/h2-8,16H,9H2,1H3. The van der Waals surface area contributed by atoms with Gasteiger partial charge in [0.05, 0.1) is 5.75 Å². The molecule has 0 bridgehead atoms. The van der Waals surface area contributed by atoms with Crippen molar-refractivity contribution in [3.8, 4) is 0 Å². The number of carbonyl (C=O) groups is 1. The number of thioether (sulfide) groups is 1. The molecule has 0 aliphatic carbocycles. The van der Waals surface area contributed by atoms with Gasteiger partial charge >= 0.3 is 0 Å². The summed E-state index contributed by atoms with van der Waals surface area (Å²) >= 11 is 1.49. The fourth-order valence-electron chi connectivity index (χ4n) is 2.45. The Balaban J connectivity index is 2.01. The maximum absolute atomic E-state index is 13.2. The van der Waals surface area contributed by atoms with Crippen molar-refractivity contribution in [3.05, 3.63) is 65.2 Å². The fraction of sp³-hybridized carbons (Fsp3) is 0.188. The summed E-state index contributed by atoms with van der Waals surface area (Å²) in [6.07, 6.45) is 0. The van der Waals surface area contributed by atoms with Gasteiger partial charge in [-0.3, -0.25) is 9.69 Å². The summed E-state index contributed by atoms with van der Waals surface area (Å²) in [4.78, 5) is 13.9. The number of amides is 1. The van der Waals surface area contributed by atoms with Crippen LogP contribution in [0.15, 0.2) is 42.5 Å². The summed E-state index contributed by atoms with van der Waals surface area (Å²) in [6, 6.07) is 10.5. The molecule has 108 valence electrons. The number of hydrogen-bond acceptors (Lipinski definition) is 2. The van der Waals surface area contributed by atoms with Crippen LogP contribution >= 0.6 is 11.8 Å². The van der Waals surface area contributed by atoms with Gasteiger partial charge in [-0.15, -0.1) is 11.8 Å². The van der Waals surface area contributed by atoms with Gasteiger partial charge in [-0.25, -0.2) is 8.78 Å². The minimum absolute atomic E-state index is 0.0240. The first kappa shape index (κ1) is 14.1. The molecule has 1 aliphatic heterocycles. The lowest BCUT2D eigenvalue weighted by atomic mass is 10.1. The molecule has 0 N–H and O–H groups in total. The molecule has 5 heteroatoms. The van der Waals surface area contributed by atoms with Gasteiger partial charge in [-0.2, -0.15) is 0 Å². The van der Waals surface area contributed by atoms with E-state index in [2.05, 4.69) is 0 Å². The number of rotatable bonds is 2. The largest absolute Gasteiger partial charge is 0.295 e. The van der Waals surface area contributed by atoms with Gasteiger partial charge < -0.3 is 0 Å². The van der Waals surface area contributed by atoms with Crippen molar-refractivity contribution in [3.63, 3.8) is 0 Å². The normalized spacial score (nSPS) is 18.3. The van der Waals surface area contributed by atoms with E-state index >= 15 is 0 Å². The molecule has 1 fully saturated rings. The maximum atomic E-state index is 13.2. The number of hydrogen-bond donors (Lipinski definition) is 0. The van der Waals surface area contributed by atoms with Crippen molar-refractivity contribution < 1.29 is 13.6 Å². The third-order valence-electron chi connectivity index (χ3n) is 3.44. The highest BCUT2D eigenvalue weighted by molar-refractivity contribution is 8.00. The van der Waals surface area contributed by atoms with Gasteiger partial charge in [0.15, 0.2) is 0 Å². The number of aryl methyl sites for hydroxylation is 1. The SMILES string of the molecule is Cc1cc(F)ccc1N1C(=O)CSC1c1ccc(F)cc1. The lowest BCUT2D eigenvalue weighted by molar-refractivity contribution is -0.115. The molecule has 1 atom stereocenters. The number of halogens is 2. The first-order valence-corrected chi connectivity index (χ1v) is 7.56. The lowest BCUT2D eigenvalue weighted by Crippen LogP contribution is -2.28. The lowest BCUT2D eigenvalue weighted by Gasteiger charge is -2.26. The maximum Gasteiger partial charge on any atom is 0.238 e. The fourth-order valence-corrected chi connectivity index (χ4v) is 3.62. The second kappa shape index (κ2) is 5.48. The summed E-state index contributed by atoms with van der Waals surface area (Å²) < 4.78 is 26.3. The third kappa shape index (κ3) is 2.65. The van der Waals surface area contributed by atoms with Gasteiger partial charge in [0, 0.05) is 5.69 Å². The van der Waals surface area contributed by atoms with Crippen LogP contribution < -0.4 is 4.90 Å². The zero-order valence-corrected chi connectivity index (χ0v) is 12.2. The Morgan fingerprint density at radius 1 is 1.10 bits per heavy atom. The van der Waals surface area contributed by atoms with Crippen LogP contribution in [0.2, 0.25) is 0 Å². The van der Waals surface area contributed by atoms with Crippen LogP contribution in [0.5, 0.6) is 0 Å². The Morgan fingerprint density at radius 2 is 1.76 bits per heavy atom. The first-order valence-electron chi connectivity index (χ1n) is 6.51. The Bertz CT molecular complexity index is 687. The number of benzene rings is 2. The molecule has 1 amide bonds. The molecular formula is C16H13F2NOS. The summed E-state index contributed by atoms with van der Waals surface area (Å²) in [5, 5.41) is -0.206. The van der Waals surface area contributed by atoms with Crippen LogP contribution in [-0.2, 0) is 4.79 Å². The Kier molecular flexibility index (Phi) is 3.68. The van der Waals surface area contributed by atoms with E-state index < -0.39 is 0 Å². The molecule has 3 rings (SSSR count). The van der Waals surface area contributed by atoms with E-state index in [0.29, 0.717) is 17.0 Å². The van der Waals surface area contributed by atoms with Gasteiger partial charge in [0.25, 0.3) is 0 Å². The summed E-state index contributed by atoms with van der Waals surface area (Å²) in [5.74, 6) is -0.297. The predicted octanol–water partition coefficient (Wildman–Crippen LogP) is 4.05. The molecule has 1 unspecified atom stereocenters. The molecule has 21 heavy (non-hydrogen) atoms. The highest BCUT2D eigenvalue weighted by atomic mass is 32.2. The minimum atomic E-state index is -0.325. The zero-order chi connectivity index (χ0) is 15.0. The molecule has 0 spiro atoms. The zero-order valence-electron chi connectivity index (χ0n) is 11.3. The highest BCUT2D eigenvalue weighted by Gasteiger charge is 2.34. The average molecular weight is 305 g/mol. The van der Waals surface area contributed by atoms with E-state index in [1.807, 2.05) is 0 Å². The monoisotopic (exact) mass is 305 g/mol. The Morgan fingerprint density at radius 3 is 2.43 bits per heavy atom. The minimum Gasteiger partial charge on any atom is -0.295 e. The molecule has 1 aliphatic rings. The highest BCUT2D eigenvalue weighted by Crippen LogP contribution is 2.42. The van der Waals surface area contributed by atoms with E-state index in [1.54, 1.807) is 30.0 Å². The second-order valence-electron chi connectivity index (χ2n) is 4.91. The average Bonchev–Trinajstić information content (AvgIpc) is 2.82. The second-order valence-corrected chi connectivity index (χ2v) is 5.98. The number of nitrogens with zero attached hydrogens (tertiary/aromatic N) is 1. The van der Waals surface area contributed by atoms with E-state index in [4.69, 9.17) is 0 Å². The van der Waals surface area contributed by atoms with Gasteiger partial charge in [-0.05, 0) is 48.4 Å². The van der Waals surface area contributed by atoms with E-state index in [-0.39, 0.29) is 22.9 Å². The summed E-state index contributed by atoms with van der Waals surface area (Å²) in [5.41, 5.74) is 2.26. The first-order chi connectivity index (χ1) is 10.1. The molecule has 2 nitrogen and oxygen atoms in total. The van der Waals surface area contributed by atoms with Gasteiger partial charge in [-0.1, -0.05) is 12.1 Å². The van der Waals surface area contributed by atoms with Crippen molar-refractivity contribution in [1.29, 1.82) is 0 Å². The van der Waals surface area contributed by atoms with Crippen LogP contribution in [0.3, 0.4) is 0 Å². The van der Waals surface area contributed by atoms with Crippen molar-refractivity contribution in [2.24, 2.45) is 0 Å². The number of anilines is 1. The van der Waals surface area contributed by atoms with Gasteiger partial charge in [0.2, 0.25) is 5.91 Å². The van der Waals surface area contributed by atoms with Crippen LogP contribution in [0.1, 0.15) is 16.5 Å². The molecule has 2 aromatic rings. The van der Waals surface area contributed by atoms with Crippen LogP contribution in [0, 0.1) is 18.6 Å². The molecule has 1 saturated heterocycles. The third-order valence-corrected chi connectivity index (χ3v) is 4.65. The molecule has 1 heterocycles. The van der Waals surface area contributed by atoms with E-state index in [0.717, 1.165) is 5.56 Å². The van der Waals surface area contributed by atoms with E-state index in [1.165, 1.54) is 36.0 Å².